The van der Waals surface area contributed by atoms with E-state index in [4.69, 9.17) is 9.26 Å². The predicted molar refractivity (Wildman–Crippen MR) is 110 cm³/mol. The Bertz CT molecular complexity index is 1180. The highest BCUT2D eigenvalue weighted by Gasteiger charge is 2.48. The van der Waals surface area contributed by atoms with E-state index in [0.29, 0.717) is 23.7 Å². The van der Waals surface area contributed by atoms with E-state index >= 15 is 0 Å². The van der Waals surface area contributed by atoms with Crippen LogP contribution in [0.1, 0.15) is 29.9 Å². The Morgan fingerprint density at radius 2 is 1.90 bits per heavy atom. The number of carbonyl (C=O) groups excluding carboxylic acids is 2. The Balaban J connectivity index is 1.90. The Hall–Kier alpha value is -3.94. The Morgan fingerprint density at radius 3 is 2.52 bits per heavy atom. The highest BCUT2D eigenvalue weighted by Crippen LogP contribution is 2.42. The number of rotatable bonds is 5. The van der Waals surface area contributed by atoms with Gasteiger partial charge >= 0.3 is 5.91 Å². The monoisotopic (exact) mass is 422 g/mol. The van der Waals surface area contributed by atoms with Crippen molar-refractivity contribution in [2.75, 3.05) is 11.5 Å². The minimum absolute atomic E-state index is 0.0508. The van der Waals surface area contributed by atoms with Gasteiger partial charge in [-0.3, -0.25) is 14.5 Å². The van der Waals surface area contributed by atoms with Crippen molar-refractivity contribution >= 4 is 23.3 Å². The molecule has 158 valence electrons. The molecule has 7 nitrogen and oxygen atoms in total. The van der Waals surface area contributed by atoms with Crippen LogP contribution in [0.4, 0.5) is 10.2 Å². The van der Waals surface area contributed by atoms with Crippen LogP contribution in [0.25, 0.3) is 5.76 Å². The van der Waals surface area contributed by atoms with Gasteiger partial charge in [0.25, 0.3) is 5.78 Å². The number of halogens is 1. The minimum Gasteiger partial charge on any atom is -0.507 e. The zero-order valence-electron chi connectivity index (χ0n) is 16.8. The second kappa shape index (κ2) is 8.06. The molecule has 0 aliphatic carbocycles. The normalized spacial score (nSPS) is 17.9. The number of aromatic nitrogens is 1. The lowest BCUT2D eigenvalue weighted by molar-refractivity contribution is -0.132. The van der Waals surface area contributed by atoms with Gasteiger partial charge in [-0.15, -0.1) is 0 Å². The van der Waals surface area contributed by atoms with Crippen LogP contribution in [0.3, 0.4) is 0 Å². The molecule has 1 amide bonds. The number of ether oxygens (including phenoxy) is 1. The summed E-state index contributed by atoms with van der Waals surface area (Å²) < 4.78 is 25.2. The van der Waals surface area contributed by atoms with E-state index in [1.165, 1.54) is 24.3 Å². The summed E-state index contributed by atoms with van der Waals surface area (Å²) in [6, 6.07) is 12.4. The van der Waals surface area contributed by atoms with Gasteiger partial charge in [0.2, 0.25) is 0 Å². The van der Waals surface area contributed by atoms with E-state index in [-0.39, 0.29) is 17.0 Å². The zero-order valence-corrected chi connectivity index (χ0v) is 16.8. The van der Waals surface area contributed by atoms with Crippen molar-refractivity contribution in [3.05, 3.63) is 82.9 Å². The lowest BCUT2D eigenvalue weighted by atomic mass is 9.95. The summed E-state index contributed by atoms with van der Waals surface area (Å²) in [6.07, 6.45) is 0. The van der Waals surface area contributed by atoms with Gasteiger partial charge in [0.1, 0.15) is 23.1 Å². The quantitative estimate of drug-likeness (QED) is 0.377. The second-order valence-corrected chi connectivity index (χ2v) is 6.94. The van der Waals surface area contributed by atoms with Gasteiger partial charge < -0.3 is 14.4 Å². The van der Waals surface area contributed by atoms with Crippen molar-refractivity contribution in [2.45, 2.75) is 19.9 Å². The average molecular weight is 422 g/mol. The molecule has 0 spiro atoms. The summed E-state index contributed by atoms with van der Waals surface area (Å²) in [4.78, 5) is 26.9. The maximum atomic E-state index is 14.8. The first-order chi connectivity index (χ1) is 14.9. The zero-order chi connectivity index (χ0) is 22.1. The number of Topliss-reactive ketones (excluding diaryl/α,β-unsaturated/α-hetero) is 1. The minimum atomic E-state index is -1.21. The number of nitrogens with zero attached hydrogens (tertiary/aromatic N) is 2. The molecule has 2 aromatic carbocycles. The third-order valence-corrected chi connectivity index (χ3v) is 4.95. The van der Waals surface area contributed by atoms with Crippen molar-refractivity contribution in [1.82, 2.24) is 5.16 Å². The number of aryl methyl sites for hydroxylation is 1. The molecule has 0 saturated carbocycles. The van der Waals surface area contributed by atoms with Gasteiger partial charge in [0.15, 0.2) is 5.82 Å². The Labute approximate surface area is 177 Å². The van der Waals surface area contributed by atoms with Gasteiger partial charge in [-0.05, 0) is 44.2 Å². The fourth-order valence-electron chi connectivity index (χ4n) is 3.56. The summed E-state index contributed by atoms with van der Waals surface area (Å²) in [5.41, 5.74) is 0.105. The number of hydrogen-bond donors (Lipinski definition) is 1. The topological polar surface area (TPSA) is 92.9 Å². The van der Waals surface area contributed by atoms with E-state index in [1.807, 2.05) is 6.92 Å². The SMILES string of the molecule is CCOc1ccc(/C(O)=C2\C(=O)C(=O)N(c3cc(C)on3)[C@H]2c2ccccc2F)cc1. The van der Waals surface area contributed by atoms with Crippen molar-refractivity contribution in [2.24, 2.45) is 0 Å². The van der Waals surface area contributed by atoms with Gasteiger partial charge in [0, 0.05) is 17.2 Å². The molecular weight excluding hydrogens is 403 g/mol. The van der Waals surface area contributed by atoms with Gasteiger partial charge in [-0.1, -0.05) is 23.4 Å². The lowest BCUT2D eigenvalue weighted by Gasteiger charge is -2.23. The molecule has 1 atom stereocenters. The van der Waals surface area contributed by atoms with Crippen molar-refractivity contribution in [3.63, 3.8) is 0 Å². The van der Waals surface area contributed by atoms with Crippen molar-refractivity contribution in [3.8, 4) is 5.75 Å². The average Bonchev–Trinajstić information content (AvgIpc) is 3.29. The number of carbonyl (C=O) groups is 2. The van der Waals surface area contributed by atoms with Gasteiger partial charge in [-0.25, -0.2) is 4.39 Å². The van der Waals surface area contributed by atoms with E-state index in [1.54, 1.807) is 37.3 Å². The van der Waals surface area contributed by atoms with Gasteiger partial charge in [-0.2, -0.15) is 0 Å². The molecule has 0 unspecified atom stereocenters. The maximum Gasteiger partial charge on any atom is 0.301 e. The molecular formula is C23H19FN2O5. The maximum absolute atomic E-state index is 14.8. The summed E-state index contributed by atoms with van der Waals surface area (Å²) in [7, 11) is 0. The van der Waals surface area contributed by atoms with Crippen LogP contribution in [0.2, 0.25) is 0 Å². The van der Waals surface area contributed by atoms with Crippen LogP contribution in [0.5, 0.6) is 5.75 Å². The molecule has 1 fully saturated rings. The molecule has 1 saturated heterocycles. The molecule has 31 heavy (non-hydrogen) atoms. The number of ketones is 1. The van der Waals surface area contributed by atoms with E-state index < -0.39 is 29.3 Å². The standard InChI is InChI=1S/C23H19FN2O5/c1-3-30-15-10-8-14(9-11-15)21(27)19-20(16-6-4-5-7-17(16)24)26(23(29)22(19)28)18-12-13(2)31-25-18/h4-12,20,27H,3H2,1-2H3/b21-19+/t20-/m0/s1. The van der Waals surface area contributed by atoms with Crippen LogP contribution < -0.4 is 9.64 Å². The first-order valence-electron chi connectivity index (χ1n) is 9.64. The van der Waals surface area contributed by atoms with E-state index in [2.05, 4.69) is 5.16 Å². The first kappa shape index (κ1) is 20.3. The summed E-state index contributed by atoms with van der Waals surface area (Å²) in [6.45, 7) is 3.95. The summed E-state index contributed by atoms with van der Waals surface area (Å²) in [5, 5.41) is 14.8. The van der Waals surface area contributed by atoms with Crippen LogP contribution in [-0.2, 0) is 9.59 Å². The summed E-state index contributed by atoms with van der Waals surface area (Å²) >= 11 is 0. The molecule has 8 heteroatoms. The molecule has 1 aromatic heterocycles. The lowest BCUT2D eigenvalue weighted by Crippen LogP contribution is -2.30. The highest BCUT2D eigenvalue weighted by atomic mass is 19.1. The molecule has 4 rings (SSSR count). The number of aliphatic hydroxyl groups is 1. The highest BCUT2D eigenvalue weighted by molar-refractivity contribution is 6.51. The molecule has 0 bridgehead atoms. The molecule has 0 radical (unpaired) electrons. The Kier molecular flexibility index (Phi) is 5.29. The number of amides is 1. The number of anilines is 1. The van der Waals surface area contributed by atoms with E-state index in [0.717, 1.165) is 4.90 Å². The molecule has 1 aliphatic rings. The fourth-order valence-corrected chi connectivity index (χ4v) is 3.56. The van der Waals surface area contributed by atoms with Crippen LogP contribution in [0.15, 0.2) is 64.7 Å². The van der Waals surface area contributed by atoms with Crippen molar-refractivity contribution in [1.29, 1.82) is 0 Å². The Morgan fingerprint density at radius 1 is 1.19 bits per heavy atom. The third-order valence-electron chi connectivity index (χ3n) is 4.95. The predicted octanol–water partition coefficient (Wildman–Crippen LogP) is 4.15. The molecule has 1 N–H and O–H groups in total. The second-order valence-electron chi connectivity index (χ2n) is 6.94. The summed E-state index contributed by atoms with van der Waals surface area (Å²) in [5.74, 6) is -1.87. The van der Waals surface area contributed by atoms with E-state index in [9.17, 15) is 19.1 Å². The number of hydrogen-bond acceptors (Lipinski definition) is 6. The molecule has 1 aliphatic heterocycles. The van der Waals surface area contributed by atoms with Crippen LogP contribution in [-0.4, -0.2) is 28.6 Å². The van der Waals surface area contributed by atoms with Gasteiger partial charge in [0.05, 0.1) is 18.2 Å². The molecule has 2 heterocycles. The third kappa shape index (κ3) is 3.56. The molecule has 3 aromatic rings. The smallest absolute Gasteiger partial charge is 0.301 e. The number of aliphatic hydroxyl groups excluding tert-OH is 1. The van der Waals surface area contributed by atoms with Crippen molar-refractivity contribution < 1.29 is 28.3 Å². The number of benzene rings is 2. The fraction of sp³-hybridized carbons (Fsp3) is 0.174. The largest absolute Gasteiger partial charge is 0.507 e. The van der Waals surface area contributed by atoms with Crippen LogP contribution >= 0.6 is 0 Å². The first-order valence-corrected chi connectivity index (χ1v) is 9.64. The van der Waals surface area contributed by atoms with Crippen LogP contribution in [0, 0.1) is 12.7 Å².